The minimum atomic E-state index is 0.171. The van der Waals surface area contributed by atoms with Crippen molar-refractivity contribution in [2.24, 2.45) is 5.41 Å². The van der Waals surface area contributed by atoms with Gasteiger partial charge in [-0.15, -0.1) is 0 Å². The fraction of sp³-hybridized carbons (Fsp3) is 0.929. The lowest BCUT2D eigenvalue weighted by atomic mass is 9.84. The smallest absolute Gasteiger partial charge is 0.317 e. The lowest BCUT2D eigenvalue weighted by molar-refractivity contribution is 0.125. The average molecular weight is 238 g/mol. The van der Waals surface area contributed by atoms with E-state index in [1.54, 1.807) is 0 Å². The van der Waals surface area contributed by atoms with Crippen molar-refractivity contribution in [2.75, 3.05) is 13.1 Å². The molecule has 0 atom stereocenters. The molecule has 17 heavy (non-hydrogen) atoms. The van der Waals surface area contributed by atoms with E-state index in [1.165, 1.54) is 38.5 Å². The molecule has 3 nitrogen and oxygen atoms in total. The summed E-state index contributed by atoms with van der Waals surface area (Å²) in [4.78, 5) is 14.2. The van der Waals surface area contributed by atoms with E-state index in [-0.39, 0.29) is 6.03 Å². The Morgan fingerprint density at radius 1 is 1.18 bits per heavy atom. The van der Waals surface area contributed by atoms with Gasteiger partial charge in [0.2, 0.25) is 0 Å². The first-order chi connectivity index (χ1) is 8.07. The van der Waals surface area contributed by atoms with Gasteiger partial charge in [-0.05, 0) is 31.1 Å². The molecule has 0 spiro atoms. The summed E-state index contributed by atoms with van der Waals surface area (Å²) in [5, 5.41) is 3.21. The van der Waals surface area contributed by atoms with Crippen LogP contribution in [-0.4, -0.2) is 30.1 Å². The van der Waals surface area contributed by atoms with Gasteiger partial charge in [0, 0.05) is 19.1 Å². The van der Waals surface area contributed by atoms with E-state index in [0.29, 0.717) is 11.5 Å². The van der Waals surface area contributed by atoms with Crippen LogP contribution in [0.15, 0.2) is 0 Å². The first-order valence-electron chi connectivity index (χ1n) is 7.12. The third-order valence-electron chi connectivity index (χ3n) is 4.12. The second-order valence-electron chi connectivity index (χ2n) is 6.47. The average Bonchev–Trinajstić information content (AvgIpc) is 2.29. The van der Waals surface area contributed by atoms with Gasteiger partial charge in [0.15, 0.2) is 0 Å². The van der Waals surface area contributed by atoms with Gasteiger partial charge >= 0.3 is 6.03 Å². The van der Waals surface area contributed by atoms with E-state index in [1.807, 2.05) is 4.90 Å². The Morgan fingerprint density at radius 3 is 2.53 bits per heavy atom. The monoisotopic (exact) mass is 238 g/mol. The minimum Gasteiger partial charge on any atom is -0.335 e. The highest BCUT2D eigenvalue weighted by Gasteiger charge is 2.29. The predicted molar refractivity (Wildman–Crippen MR) is 70.0 cm³/mol. The second kappa shape index (κ2) is 5.28. The third-order valence-corrected chi connectivity index (χ3v) is 4.12. The van der Waals surface area contributed by atoms with E-state index < -0.39 is 0 Å². The fourth-order valence-electron chi connectivity index (χ4n) is 3.11. The lowest BCUT2D eigenvalue weighted by Gasteiger charge is -2.39. The molecule has 98 valence electrons. The van der Waals surface area contributed by atoms with Crippen LogP contribution in [0.1, 0.15) is 58.8 Å². The second-order valence-corrected chi connectivity index (χ2v) is 6.47. The van der Waals surface area contributed by atoms with Crippen LogP contribution in [0.3, 0.4) is 0 Å². The van der Waals surface area contributed by atoms with Crippen molar-refractivity contribution in [3.05, 3.63) is 0 Å². The van der Waals surface area contributed by atoms with Gasteiger partial charge < -0.3 is 10.2 Å². The van der Waals surface area contributed by atoms with E-state index in [4.69, 9.17) is 0 Å². The third kappa shape index (κ3) is 3.62. The zero-order chi connectivity index (χ0) is 12.3. The maximum atomic E-state index is 12.2. The first-order valence-corrected chi connectivity index (χ1v) is 7.12. The molecule has 2 rings (SSSR count). The number of nitrogens with one attached hydrogen (secondary N) is 1. The molecule has 0 bridgehead atoms. The standard InChI is InChI=1S/C14H26N2O/c1-14(2)9-6-10-16(11-14)13(17)15-12-7-4-3-5-8-12/h12H,3-11H2,1-2H3,(H,15,17). The Labute approximate surface area is 105 Å². The number of likely N-dealkylation sites (tertiary alicyclic amines) is 1. The quantitative estimate of drug-likeness (QED) is 0.748. The van der Waals surface area contributed by atoms with Crippen molar-refractivity contribution < 1.29 is 4.79 Å². The van der Waals surface area contributed by atoms with Crippen molar-refractivity contribution in [1.29, 1.82) is 0 Å². The molecule has 2 fully saturated rings. The topological polar surface area (TPSA) is 32.3 Å². The highest BCUT2D eigenvalue weighted by molar-refractivity contribution is 5.74. The van der Waals surface area contributed by atoms with Crippen molar-refractivity contribution in [1.82, 2.24) is 10.2 Å². The van der Waals surface area contributed by atoms with E-state index in [9.17, 15) is 4.79 Å². The number of rotatable bonds is 1. The van der Waals surface area contributed by atoms with E-state index in [2.05, 4.69) is 19.2 Å². The van der Waals surface area contributed by atoms with Crippen LogP contribution in [0.25, 0.3) is 0 Å². The summed E-state index contributed by atoms with van der Waals surface area (Å²) < 4.78 is 0. The molecule has 2 aliphatic rings. The normalized spacial score (nSPS) is 25.6. The molecule has 1 N–H and O–H groups in total. The van der Waals surface area contributed by atoms with E-state index >= 15 is 0 Å². The van der Waals surface area contributed by atoms with Gasteiger partial charge in [-0.25, -0.2) is 4.79 Å². The van der Waals surface area contributed by atoms with Crippen LogP contribution >= 0.6 is 0 Å². The molecule has 1 heterocycles. The van der Waals surface area contributed by atoms with Crippen LogP contribution in [0.4, 0.5) is 4.79 Å². The van der Waals surface area contributed by atoms with Gasteiger partial charge in [-0.3, -0.25) is 0 Å². The molecule has 0 aromatic rings. The molecule has 0 aromatic carbocycles. The molecule has 1 aliphatic carbocycles. The number of nitrogens with zero attached hydrogens (tertiary/aromatic N) is 1. The summed E-state index contributed by atoms with van der Waals surface area (Å²) in [5.74, 6) is 0. The maximum Gasteiger partial charge on any atom is 0.317 e. The van der Waals surface area contributed by atoms with Crippen LogP contribution in [-0.2, 0) is 0 Å². The van der Waals surface area contributed by atoms with Gasteiger partial charge in [-0.2, -0.15) is 0 Å². The molecule has 1 saturated heterocycles. The summed E-state index contributed by atoms with van der Waals surface area (Å²) in [7, 11) is 0. The van der Waals surface area contributed by atoms with Gasteiger partial charge in [0.1, 0.15) is 0 Å². The number of piperidine rings is 1. The number of carbonyl (C=O) groups is 1. The zero-order valence-electron chi connectivity index (χ0n) is 11.3. The molecule has 0 radical (unpaired) electrons. The SMILES string of the molecule is CC1(C)CCCN(C(=O)NC2CCCCC2)C1. The van der Waals surface area contributed by atoms with Crippen LogP contribution in [0.2, 0.25) is 0 Å². The van der Waals surface area contributed by atoms with Crippen molar-refractivity contribution in [3.8, 4) is 0 Å². The maximum absolute atomic E-state index is 12.2. The van der Waals surface area contributed by atoms with Crippen LogP contribution in [0, 0.1) is 5.41 Å². The molecule has 2 amide bonds. The largest absolute Gasteiger partial charge is 0.335 e. The van der Waals surface area contributed by atoms with Gasteiger partial charge in [0.25, 0.3) is 0 Å². The van der Waals surface area contributed by atoms with Crippen LogP contribution in [0.5, 0.6) is 0 Å². The highest BCUT2D eigenvalue weighted by Crippen LogP contribution is 2.28. The Balaban J connectivity index is 1.82. The predicted octanol–water partition coefficient (Wildman–Crippen LogP) is 3.15. The number of carbonyl (C=O) groups excluding carboxylic acids is 1. The molecular formula is C14H26N2O. The summed E-state index contributed by atoms with van der Waals surface area (Å²) >= 11 is 0. The Morgan fingerprint density at radius 2 is 1.88 bits per heavy atom. The molecule has 1 saturated carbocycles. The molecule has 1 aliphatic heterocycles. The fourth-order valence-corrected chi connectivity index (χ4v) is 3.11. The van der Waals surface area contributed by atoms with Crippen molar-refractivity contribution >= 4 is 6.03 Å². The lowest BCUT2D eigenvalue weighted by Crippen LogP contribution is -2.50. The summed E-state index contributed by atoms with van der Waals surface area (Å²) in [6.07, 6.45) is 8.60. The Kier molecular flexibility index (Phi) is 3.95. The summed E-state index contributed by atoms with van der Waals surface area (Å²) in [6, 6.07) is 0.603. The first kappa shape index (κ1) is 12.7. The molecule has 0 unspecified atom stereocenters. The number of hydrogen-bond donors (Lipinski definition) is 1. The minimum absolute atomic E-state index is 0.171. The molecular weight excluding hydrogens is 212 g/mol. The Hall–Kier alpha value is -0.730. The molecule has 0 aromatic heterocycles. The highest BCUT2D eigenvalue weighted by atomic mass is 16.2. The van der Waals surface area contributed by atoms with Crippen LogP contribution < -0.4 is 5.32 Å². The number of hydrogen-bond acceptors (Lipinski definition) is 1. The van der Waals surface area contributed by atoms with Gasteiger partial charge in [0.05, 0.1) is 0 Å². The summed E-state index contributed by atoms with van der Waals surface area (Å²) in [6.45, 7) is 6.35. The zero-order valence-corrected chi connectivity index (χ0v) is 11.3. The number of urea groups is 1. The Bertz CT molecular complexity index is 269. The van der Waals surface area contributed by atoms with Crippen molar-refractivity contribution in [3.63, 3.8) is 0 Å². The number of amides is 2. The van der Waals surface area contributed by atoms with Crippen molar-refractivity contribution in [2.45, 2.75) is 64.8 Å². The van der Waals surface area contributed by atoms with E-state index in [0.717, 1.165) is 19.5 Å². The summed E-state index contributed by atoms with van der Waals surface area (Å²) in [5.41, 5.74) is 0.294. The molecule has 3 heteroatoms. The van der Waals surface area contributed by atoms with Gasteiger partial charge in [-0.1, -0.05) is 33.1 Å².